The number of anilines is 2. The second kappa shape index (κ2) is 8.41. The molecule has 1 aromatic carbocycles. The number of nitrogens with one attached hydrogen (secondary N) is 2. The number of likely N-dealkylation sites (tertiary alicyclic amines) is 1. The van der Waals surface area contributed by atoms with Crippen LogP contribution in [0.4, 0.5) is 16.0 Å². The minimum Gasteiger partial charge on any atom is -0.395 e. The largest absolute Gasteiger partial charge is 0.395 e. The first-order valence-corrected chi connectivity index (χ1v) is 9.61. The Morgan fingerprint density at radius 1 is 1.41 bits per heavy atom. The van der Waals surface area contributed by atoms with Crippen LogP contribution >= 0.6 is 0 Å². The average molecular weight is 378 g/mol. The molecular weight excluding hydrogens is 345 g/mol. The van der Waals surface area contributed by atoms with E-state index in [9.17, 15) is 4.39 Å². The number of aryl methyl sites for hydroxylation is 1. The van der Waals surface area contributed by atoms with Crippen LogP contribution in [0.5, 0.6) is 0 Å². The number of nitrogens with zero attached hydrogens (tertiary/aromatic N) is 4. The summed E-state index contributed by atoms with van der Waals surface area (Å²) >= 11 is 0. The number of hydrogen-bond acceptors (Lipinski definition) is 6. The van der Waals surface area contributed by atoms with Crippen molar-refractivity contribution in [3.05, 3.63) is 17.4 Å². The van der Waals surface area contributed by atoms with Gasteiger partial charge in [-0.25, -0.2) is 9.37 Å². The maximum absolute atomic E-state index is 14.2. The van der Waals surface area contributed by atoms with Crippen LogP contribution in [0.2, 0.25) is 0 Å². The quantitative estimate of drug-likeness (QED) is 0.606. The highest BCUT2D eigenvalue weighted by atomic mass is 19.1. The molecule has 2 heterocycles. The van der Waals surface area contributed by atoms with E-state index >= 15 is 0 Å². The van der Waals surface area contributed by atoms with Gasteiger partial charge in [-0.3, -0.25) is 4.57 Å². The van der Waals surface area contributed by atoms with Crippen LogP contribution in [-0.2, 0) is 6.67 Å². The molecule has 1 unspecified atom stereocenters. The summed E-state index contributed by atoms with van der Waals surface area (Å²) in [5, 5.41) is 6.63. The Labute approximate surface area is 160 Å². The molecule has 0 saturated carbocycles. The van der Waals surface area contributed by atoms with Gasteiger partial charge in [0.15, 0.2) is 5.82 Å². The Kier molecular flexibility index (Phi) is 6.18. The molecule has 0 aliphatic carbocycles. The number of halogens is 1. The van der Waals surface area contributed by atoms with E-state index in [0.717, 1.165) is 44.2 Å². The summed E-state index contributed by atoms with van der Waals surface area (Å²) in [6.07, 6.45) is 1.18. The molecule has 27 heavy (non-hydrogen) atoms. The number of hydrogen-bond donors (Lipinski definition) is 3. The predicted octanol–water partition coefficient (Wildman–Crippen LogP) is 1.54. The van der Waals surface area contributed by atoms with Crippen LogP contribution in [0.1, 0.15) is 12.0 Å². The predicted molar refractivity (Wildman–Crippen MR) is 109 cm³/mol. The summed E-state index contributed by atoms with van der Waals surface area (Å²) in [5.74, 6) is 0.948. The monoisotopic (exact) mass is 377 g/mol. The molecule has 2 aromatic rings. The Hall–Kier alpha value is -1.90. The smallest absolute Gasteiger partial charge is 0.205 e. The van der Waals surface area contributed by atoms with Gasteiger partial charge >= 0.3 is 0 Å². The van der Waals surface area contributed by atoms with E-state index in [-0.39, 0.29) is 11.5 Å². The number of imidazole rings is 1. The maximum atomic E-state index is 14.2. The molecule has 1 aliphatic heterocycles. The first kappa shape index (κ1) is 19.9. The number of nitrogen functional groups attached to an aromatic ring is 1. The molecule has 0 bridgehead atoms. The van der Waals surface area contributed by atoms with E-state index in [4.69, 9.17) is 5.73 Å². The zero-order valence-electron chi connectivity index (χ0n) is 16.8. The Morgan fingerprint density at radius 3 is 2.89 bits per heavy atom. The molecule has 8 heteroatoms. The summed E-state index contributed by atoms with van der Waals surface area (Å²) in [7, 11) is 6.10. The van der Waals surface area contributed by atoms with Crippen molar-refractivity contribution >= 4 is 22.7 Å². The molecule has 4 N–H and O–H groups in total. The lowest BCUT2D eigenvalue weighted by Crippen LogP contribution is -2.30. The minimum absolute atomic E-state index is 0.124. The first-order valence-electron chi connectivity index (χ1n) is 9.61. The normalized spacial score (nSPS) is 18.1. The highest BCUT2D eigenvalue weighted by molar-refractivity contribution is 5.90. The van der Waals surface area contributed by atoms with Crippen LogP contribution in [-0.4, -0.2) is 73.2 Å². The van der Waals surface area contributed by atoms with Crippen molar-refractivity contribution in [2.24, 2.45) is 5.92 Å². The summed E-state index contributed by atoms with van der Waals surface area (Å²) < 4.78 is 16.2. The van der Waals surface area contributed by atoms with Crippen molar-refractivity contribution < 1.29 is 4.39 Å². The number of aromatic nitrogens is 2. The van der Waals surface area contributed by atoms with Crippen LogP contribution in [0.15, 0.2) is 6.07 Å². The second-order valence-electron chi connectivity index (χ2n) is 7.80. The van der Waals surface area contributed by atoms with Gasteiger partial charge in [-0.15, -0.1) is 0 Å². The fourth-order valence-corrected chi connectivity index (χ4v) is 3.71. The van der Waals surface area contributed by atoms with E-state index in [1.165, 1.54) is 6.42 Å². The van der Waals surface area contributed by atoms with Crippen LogP contribution < -0.4 is 16.4 Å². The Bertz CT molecular complexity index is 786. The molecule has 1 atom stereocenters. The van der Waals surface area contributed by atoms with Crippen molar-refractivity contribution in [2.75, 3.05) is 64.9 Å². The third kappa shape index (κ3) is 4.34. The zero-order valence-corrected chi connectivity index (χ0v) is 16.8. The van der Waals surface area contributed by atoms with Crippen molar-refractivity contribution in [2.45, 2.75) is 20.0 Å². The van der Waals surface area contributed by atoms with Gasteiger partial charge in [0.05, 0.1) is 17.9 Å². The van der Waals surface area contributed by atoms with Crippen LogP contribution in [0.25, 0.3) is 11.0 Å². The fourth-order valence-electron chi connectivity index (χ4n) is 3.71. The van der Waals surface area contributed by atoms with Gasteiger partial charge < -0.3 is 26.2 Å². The van der Waals surface area contributed by atoms with E-state index < -0.39 is 0 Å². The van der Waals surface area contributed by atoms with Gasteiger partial charge in [0.2, 0.25) is 5.95 Å². The van der Waals surface area contributed by atoms with E-state index in [1.54, 1.807) is 6.92 Å². The molecule has 0 amide bonds. The standard InChI is InChI=1S/C19H32FN7/c1-13-9-15-18(17(21)16(13)20)24-19(27(15)12-22-2)23-10-14-5-6-26(11-14)8-7-25(3)4/h9,14,22H,5-8,10-12,21H2,1-4H3,(H,23,24). The van der Waals surface area contributed by atoms with Gasteiger partial charge in [0, 0.05) is 26.2 Å². The second-order valence-corrected chi connectivity index (χ2v) is 7.80. The van der Waals surface area contributed by atoms with E-state index in [2.05, 4.69) is 39.5 Å². The van der Waals surface area contributed by atoms with Crippen LogP contribution in [0.3, 0.4) is 0 Å². The number of rotatable bonds is 8. The molecule has 3 rings (SSSR count). The van der Waals surface area contributed by atoms with Crippen molar-refractivity contribution in [1.29, 1.82) is 0 Å². The Morgan fingerprint density at radius 2 is 2.19 bits per heavy atom. The van der Waals surface area contributed by atoms with E-state index in [1.807, 2.05) is 17.7 Å². The van der Waals surface area contributed by atoms with Crippen LogP contribution in [0, 0.1) is 18.7 Å². The summed E-state index contributed by atoms with van der Waals surface area (Å²) in [4.78, 5) is 9.33. The number of benzene rings is 1. The maximum Gasteiger partial charge on any atom is 0.205 e. The van der Waals surface area contributed by atoms with Crippen molar-refractivity contribution in [1.82, 2.24) is 24.7 Å². The molecule has 1 fully saturated rings. The van der Waals surface area contributed by atoms with E-state index in [0.29, 0.717) is 23.7 Å². The number of nitrogens with two attached hydrogens (primary N) is 1. The minimum atomic E-state index is -0.379. The highest BCUT2D eigenvalue weighted by Gasteiger charge is 2.23. The SMILES string of the molecule is CNCn1c(NCC2CCN(CCN(C)C)C2)nc2c(N)c(F)c(C)cc21. The molecule has 1 aromatic heterocycles. The fraction of sp³-hybridized carbons (Fsp3) is 0.632. The lowest BCUT2D eigenvalue weighted by atomic mass is 10.1. The molecule has 1 saturated heterocycles. The van der Waals surface area contributed by atoms with Gasteiger partial charge in [0.25, 0.3) is 0 Å². The van der Waals surface area contributed by atoms with Gasteiger partial charge in [-0.2, -0.15) is 0 Å². The lowest BCUT2D eigenvalue weighted by Gasteiger charge is -2.19. The lowest BCUT2D eigenvalue weighted by molar-refractivity contribution is 0.277. The van der Waals surface area contributed by atoms with Gasteiger partial charge in [-0.05, 0) is 58.6 Å². The summed E-state index contributed by atoms with van der Waals surface area (Å²) in [6, 6.07) is 1.81. The third-order valence-electron chi connectivity index (χ3n) is 5.30. The average Bonchev–Trinajstić information content (AvgIpc) is 3.22. The van der Waals surface area contributed by atoms with Crippen molar-refractivity contribution in [3.63, 3.8) is 0 Å². The topological polar surface area (TPSA) is 74.4 Å². The van der Waals surface area contributed by atoms with Crippen molar-refractivity contribution in [3.8, 4) is 0 Å². The summed E-state index contributed by atoms with van der Waals surface area (Å²) in [5.41, 5.74) is 8.02. The Balaban J connectivity index is 1.71. The molecule has 1 aliphatic rings. The van der Waals surface area contributed by atoms with Gasteiger partial charge in [0.1, 0.15) is 5.52 Å². The zero-order chi connectivity index (χ0) is 19.6. The first-order chi connectivity index (χ1) is 12.9. The molecule has 150 valence electrons. The number of likely N-dealkylation sites (N-methyl/N-ethyl adjacent to an activating group) is 1. The molecule has 7 nitrogen and oxygen atoms in total. The third-order valence-corrected chi connectivity index (χ3v) is 5.30. The highest BCUT2D eigenvalue weighted by Crippen LogP contribution is 2.29. The molecule has 0 radical (unpaired) electrons. The summed E-state index contributed by atoms with van der Waals surface area (Å²) in [6.45, 7) is 7.61. The number of fused-ring (bicyclic) bond motifs is 1. The molecular formula is C19H32FN7. The molecule has 0 spiro atoms. The van der Waals surface area contributed by atoms with Gasteiger partial charge in [-0.1, -0.05) is 0 Å².